The van der Waals surface area contributed by atoms with Crippen molar-refractivity contribution in [2.75, 3.05) is 0 Å². The van der Waals surface area contributed by atoms with E-state index in [4.69, 9.17) is 0 Å². The molecule has 3 rings (SSSR count). The van der Waals surface area contributed by atoms with Crippen LogP contribution in [0.4, 0.5) is 4.39 Å². The second-order valence-corrected chi connectivity index (χ2v) is 4.30. The molecule has 0 radical (unpaired) electrons. The number of aliphatic hydroxyl groups is 1. The summed E-state index contributed by atoms with van der Waals surface area (Å²) < 4.78 is 14.7. The molecule has 1 aromatic carbocycles. The molecular weight excluding hydrogens is 257 g/mol. The lowest BCUT2D eigenvalue weighted by molar-refractivity contribution is 0.282. The number of hydrogen-bond acceptors (Lipinski definition) is 3. The number of halogens is 1. The molecule has 0 fully saturated rings. The third-order valence-corrected chi connectivity index (χ3v) is 3.04. The maximum Gasteiger partial charge on any atom is 0.123 e. The monoisotopic (exact) mass is 269 g/mol. The molecule has 0 saturated heterocycles. The summed E-state index contributed by atoms with van der Waals surface area (Å²) in [5.41, 5.74) is 3.12. The third-order valence-electron chi connectivity index (χ3n) is 3.04. The molecule has 2 heterocycles. The number of pyridine rings is 1. The van der Waals surface area contributed by atoms with E-state index in [-0.39, 0.29) is 12.4 Å². The molecule has 4 nitrogen and oxygen atoms in total. The van der Waals surface area contributed by atoms with Gasteiger partial charge in [-0.3, -0.25) is 4.98 Å². The van der Waals surface area contributed by atoms with Crippen molar-refractivity contribution in [1.29, 1.82) is 0 Å². The van der Waals surface area contributed by atoms with Gasteiger partial charge in [0.2, 0.25) is 0 Å². The molecule has 1 N–H and O–H groups in total. The maximum atomic E-state index is 13.0. The van der Waals surface area contributed by atoms with Gasteiger partial charge in [-0.05, 0) is 36.4 Å². The van der Waals surface area contributed by atoms with Crippen molar-refractivity contribution >= 4 is 0 Å². The molecule has 20 heavy (non-hydrogen) atoms. The minimum absolute atomic E-state index is 0.112. The van der Waals surface area contributed by atoms with Crippen LogP contribution >= 0.6 is 0 Å². The average Bonchev–Trinajstić information content (AvgIpc) is 2.93. The fraction of sp³-hybridized carbons (Fsp3) is 0.0667. The summed E-state index contributed by atoms with van der Waals surface area (Å²) in [6.07, 6.45) is 4.97. The second-order valence-electron chi connectivity index (χ2n) is 4.30. The fourth-order valence-electron chi connectivity index (χ4n) is 2.09. The van der Waals surface area contributed by atoms with Gasteiger partial charge < -0.3 is 5.11 Å². The van der Waals surface area contributed by atoms with Crippen LogP contribution in [0.3, 0.4) is 0 Å². The van der Waals surface area contributed by atoms with E-state index in [1.165, 1.54) is 12.1 Å². The van der Waals surface area contributed by atoms with Gasteiger partial charge in [-0.1, -0.05) is 0 Å². The first kappa shape index (κ1) is 12.5. The predicted octanol–water partition coefficient (Wildman–Crippen LogP) is 2.57. The maximum absolute atomic E-state index is 13.0. The number of aliphatic hydroxyl groups excluding tert-OH is 1. The van der Waals surface area contributed by atoms with Crippen LogP contribution in [-0.4, -0.2) is 19.9 Å². The highest BCUT2D eigenvalue weighted by Gasteiger charge is 2.13. The fourth-order valence-corrected chi connectivity index (χ4v) is 2.09. The lowest BCUT2D eigenvalue weighted by Crippen LogP contribution is -2.00. The Hall–Kier alpha value is -2.53. The molecule has 0 saturated carbocycles. The summed E-state index contributed by atoms with van der Waals surface area (Å²) in [6.45, 7) is -0.112. The molecule has 0 aliphatic carbocycles. The molecule has 0 aliphatic heterocycles. The Morgan fingerprint density at radius 1 is 1.05 bits per heavy atom. The van der Waals surface area contributed by atoms with Crippen LogP contribution in [0.15, 0.2) is 55.0 Å². The van der Waals surface area contributed by atoms with Gasteiger partial charge in [0.15, 0.2) is 0 Å². The van der Waals surface area contributed by atoms with Crippen LogP contribution < -0.4 is 0 Å². The zero-order valence-electron chi connectivity index (χ0n) is 10.6. The average molecular weight is 269 g/mol. The Morgan fingerprint density at radius 2 is 1.75 bits per heavy atom. The van der Waals surface area contributed by atoms with E-state index in [9.17, 15) is 9.50 Å². The number of aromatic nitrogens is 3. The number of hydrogen-bond donors (Lipinski definition) is 1. The zero-order chi connectivity index (χ0) is 13.9. The number of benzene rings is 1. The smallest absolute Gasteiger partial charge is 0.123 e. The number of nitrogens with zero attached hydrogens (tertiary/aromatic N) is 3. The Morgan fingerprint density at radius 3 is 2.40 bits per heavy atom. The molecule has 0 unspecified atom stereocenters. The molecule has 0 spiro atoms. The highest BCUT2D eigenvalue weighted by atomic mass is 19.1. The Bertz CT molecular complexity index is 708. The van der Waals surface area contributed by atoms with E-state index in [0.717, 1.165) is 16.9 Å². The minimum Gasteiger partial charge on any atom is -0.392 e. The molecule has 0 aliphatic rings. The molecule has 3 aromatic rings. The highest BCUT2D eigenvalue weighted by Crippen LogP contribution is 2.26. The summed E-state index contributed by atoms with van der Waals surface area (Å²) in [7, 11) is 0. The summed E-state index contributed by atoms with van der Waals surface area (Å²) in [6, 6.07) is 9.74. The largest absolute Gasteiger partial charge is 0.392 e. The third kappa shape index (κ3) is 2.19. The highest BCUT2D eigenvalue weighted by molar-refractivity contribution is 5.65. The molecule has 0 atom stereocenters. The van der Waals surface area contributed by atoms with E-state index in [1.807, 2.05) is 12.1 Å². The van der Waals surface area contributed by atoms with Gasteiger partial charge in [0.05, 0.1) is 24.2 Å². The lowest BCUT2D eigenvalue weighted by atomic mass is 10.1. The molecule has 5 heteroatoms. The minimum atomic E-state index is -0.297. The van der Waals surface area contributed by atoms with Gasteiger partial charge in [0.25, 0.3) is 0 Å². The summed E-state index contributed by atoms with van der Waals surface area (Å²) >= 11 is 0. The van der Waals surface area contributed by atoms with E-state index in [1.54, 1.807) is 35.4 Å². The lowest BCUT2D eigenvalue weighted by Gasteiger charge is -2.09. The summed E-state index contributed by atoms with van der Waals surface area (Å²) in [5, 5.41) is 13.7. The van der Waals surface area contributed by atoms with Crippen LogP contribution in [-0.2, 0) is 6.61 Å². The Labute approximate surface area is 115 Å². The molecule has 2 aromatic heterocycles. The van der Waals surface area contributed by atoms with Crippen molar-refractivity contribution in [2.45, 2.75) is 6.61 Å². The summed E-state index contributed by atoms with van der Waals surface area (Å²) in [5.74, 6) is -0.297. The molecule has 0 amide bonds. The van der Waals surface area contributed by atoms with Gasteiger partial charge in [0.1, 0.15) is 5.82 Å². The second kappa shape index (κ2) is 5.22. The normalized spacial score (nSPS) is 10.7. The van der Waals surface area contributed by atoms with E-state index >= 15 is 0 Å². The van der Waals surface area contributed by atoms with Crippen LogP contribution in [0.1, 0.15) is 5.56 Å². The van der Waals surface area contributed by atoms with Crippen molar-refractivity contribution in [3.05, 3.63) is 66.4 Å². The Kier molecular flexibility index (Phi) is 3.26. The number of rotatable bonds is 3. The van der Waals surface area contributed by atoms with Crippen LogP contribution in [0.5, 0.6) is 0 Å². The molecular formula is C15H12FN3O. The molecule has 0 bridgehead atoms. The first-order valence-electron chi connectivity index (χ1n) is 6.13. The van der Waals surface area contributed by atoms with Crippen molar-refractivity contribution in [3.8, 4) is 16.9 Å². The standard InChI is InChI=1S/C15H12FN3O/c16-13-1-3-14(4-2-13)19-15(12(10-20)9-18-19)11-5-7-17-8-6-11/h1-9,20H,10H2. The van der Waals surface area contributed by atoms with Gasteiger partial charge >= 0.3 is 0 Å². The van der Waals surface area contributed by atoms with E-state index < -0.39 is 0 Å². The van der Waals surface area contributed by atoms with Gasteiger partial charge in [-0.2, -0.15) is 5.10 Å². The van der Waals surface area contributed by atoms with Gasteiger partial charge in [-0.25, -0.2) is 9.07 Å². The van der Waals surface area contributed by atoms with Gasteiger partial charge in [-0.15, -0.1) is 0 Å². The van der Waals surface area contributed by atoms with Crippen LogP contribution in [0, 0.1) is 5.82 Å². The van der Waals surface area contributed by atoms with Crippen molar-refractivity contribution in [2.24, 2.45) is 0 Å². The van der Waals surface area contributed by atoms with Crippen LogP contribution in [0.25, 0.3) is 16.9 Å². The van der Waals surface area contributed by atoms with E-state index in [0.29, 0.717) is 5.56 Å². The van der Waals surface area contributed by atoms with E-state index in [2.05, 4.69) is 10.1 Å². The van der Waals surface area contributed by atoms with Crippen LogP contribution in [0.2, 0.25) is 0 Å². The van der Waals surface area contributed by atoms with Crippen molar-refractivity contribution in [3.63, 3.8) is 0 Å². The first-order valence-corrected chi connectivity index (χ1v) is 6.13. The summed E-state index contributed by atoms with van der Waals surface area (Å²) in [4.78, 5) is 3.98. The van der Waals surface area contributed by atoms with Crippen molar-refractivity contribution < 1.29 is 9.50 Å². The topological polar surface area (TPSA) is 50.9 Å². The zero-order valence-corrected chi connectivity index (χ0v) is 10.6. The first-order chi connectivity index (χ1) is 9.79. The SMILES string of the molecule is OCc1cnn(-c2ccc(F)cc2)c1-c1ccncc1. The Balaban J connectivity index is 2.17. The molecule has 100 valence electrons. The quantitative estimate of drug-likeness (QED) is 0.795. The van der Waals surface area contributed by atoms with Crippen molar-refractivity contribution in [1.82, 2.24) is 14.8 Å². The predicted molar refractivity (Wildman–Crippen MR) is 72.7 cm³/mol. The van der Waals surface area contributed by atoms with Gasteiger partial charge in [0, 0.05) is 23.5 Å².